The van der Waals surface area contributed by atoms with E-state index in [1.807, 2.05) is 24.3 Å². The SMILES string of the molecule is COC(=O)C1CS(=O)(=O)CCN1CC(=O)N1CCN(c2ccc(OC)cc2)CC1. The van der Waals surface area contributed by atoms with Gasteiger partial charge < -0.3 is 19.3 Å². The summed E-state index contributed by atoms with van der Waals surface area (Å²) in [6.45, 7) is 2.71. The second kappa shape index (κ2) is 9.00. The van der Waals surface area contributed by atoms with E-state index in [2.05, 4.69) is 4.90 Å². The molecular weight excluding hydrogens is 398 g/mol. The molecule has 1 amide bonds. The van der Waals surface area contributed by atoms with Crippen molar-refractivity contribution in [2.45, 2.75) is 6.04 Å². The Morgan fingerprint density at radius 1 is 1.03 bits per heavy atom. The minimum Gasteiger partial charge on any atom is -0.497 e. The molecular formula is C19H27N3O6S. The van der Waals surface area contributed by atoms with E-state index in [9.17, 15) is 18.0 Å². The molecule has 0 aliphatic carbocycles. The predicted octanol–water partition coefficient (Wildman–Crippen LogP) is -0.384. The monoisotopic (exact) mass is 425 g/mol. The lowest BCUT2D eigenvalue weighted by molar-refractivity contribution is -0.147. The van der Waals surface area contributed by atoms with Crippen LogP contribution in [0, 0.1) is 0 Å². The fraction of sp³-hybridized carbons (Fsp3) is 0.579. The summed E-state index contributed by atoms with van der Waals surface area (Å²) >= 11 is 0. The molecule has 2 heterocycles. The predicted molar refractivity (Wildman–Crippen MR) is 108 cm³/mol. The maximum atomic E-state index is 12.8. The van der Waals surface area contributed by atoms with Crippen LogP contribution in [-0.4, -0.2) is 101 Å². The zero-order valence-electron chi connectivity index (χ0n) is 16.7. The van der Waals surface area contributed by atoms with E-state index < -0.39 is 21.8 Å². The van der Waals surface area contributed by atoms with Gasteiger partial charge in [0.2, 0.25) is 5.91 Å². The Balaban J connectivity index is 1.56. The minimum atomic E-state index is -3.31. The quantitative estimate of drug-likeness (QED) is 0.589. The van der Waals surface area contributed by atoms with Crippen molar-refractivity contribution in [2.75, 3.05) is 69.9 Å². The molecule has 1 atom stereocenters. The molecule has 2 aliphatic heterocycles. The van der Waals surface area contributed by atoms with Crippen molar-refractivity contribution in [1.29, 1.82) is 0 Å². The minimum absolute atomic E-state index is 0.0117. The van der Waals surface area contributed by atoms with E-state index in [-0.39, 0.29) is 30.5 Å². The number of carbonyl (C=O) groups is 2. The number of benzene rings is 1. The van der Waals surface area contributed by atoms with Crippen LogP contribution in [0.2, 0.25) is 0 Å². The van der Waals surface area contributed by atoms with Crippen LogP contribution >= 0.6 is 0 Å². The Morgan fingerprint density at radius 2 is 1.69 bits per heavy atom. The van der Waals surface area contributed by atoms with Gasteiger partial charge in [-0.25, -0.2) is 8.42 Å². The number of sulfone groups is 1. The lowest BCUT2D eigenvalue weighted by atomic mass is 10.2. The molecule has 29 heavy (non-hydrogen) atoms. The highest BCUT2D eigenvalue weighted by Crippen LogP contribution is 2.21. The van der Waals surface area contributed by atoms with Gasteiger partial charge in [0.25, 0.3) is 0 Å². The number of ether oxygens (including phenoxy) is 2. The third-order valence-electron chi connectivity index (χ3n) is 5.42. The number of anilines is 1. The van der Waals surface area contributed by atoms with E-state index in [1.54, 1.807) is 16.9 Å². The molecule has 1 aromatic rings. The van der Waals surface area contributed by atoms with Crippen LogP contribution in [0.15, 0.2) is 24.3 Å². The second-order valence-electron chi connectivity index (χ2n) is 7.19. The largest absolute Gasteiger partial charge is 0.497 e. The van der Waals surface area contributed by atoms with E-state index >= 15 is 0 Å². The Labute approximate surface area is 171 Å². The first-order valence-corrected chi connectivity index (χ1v) is 11.3. The molecule has 10 heteroatoms. The number of hydrogen-bond acceptors (Lipinski definition) is 8. The summed E-state index contributed by atoms with van der Waals surface area (Å²) in [7, 11) is -0.456. The van der Waals surface area contributed by atoms with Gasteiger partial charge in [0, 0.05) is 38.4 Å². The van der Waals surface area contributed by atoms with Crippen LogP contribution < -0.4 is 9.64 Å². The molecule has 2 aliphatic rings. The highest BCUT2D eigenvalue weighted by Gasteiger charge is 2.38. The number of carbonyl (C=O) groups excluding carboxylic acids is 2. The van der Waals surface area contributed by atoms with Crippen LogP contribution in [0.4, 0.5) is 5.69 Å². The zero-order valence-corrected chi connectivity index (χ0v) is 17.6. The average Bonchev–Trinajstić information content (AvgIpc) is 2.74. The maximum absolute atomic E-state index is 12.8. The smallest absolute Gasteiger partial charge is 0.324 e. The number of hydrogen-bond donors (Lipinski definition) is 0. The number of nitrogens with zero attached hydrogens (tertiary/aromatic N) is 3. The molecule has 2 saturated heterocycles. The number of rotatable bonds is 5. The molecule has 1 unspecified atom stereocenters. The highest BCUT2D eigenvalue weighted by molar-refractivity contribution is 7.91. The van der Waals surface area contributed by atoms with Crippen LogP contribution in [0.25, 0.3) is 0 Å². The van der Waals surface area contributed by atoms with Gasteiger partial charge in [-0.2, -0.15) is 0 Å². The van der Waals surface area contributed by atoms with Crippen molar-refractivity contribution >= 4 is 27.4 Å². The van der Waals surface area contributed by atoms with Gasteiger partial charge >= 0.3 is 5.97 Å². The first-order chi connectivity index (χ1) is 13.8. The third-order valence-corrected chi connectivity index (χ3v) is 7.05. The summed E-state index contributed by atoms with van der Waals surface area (Å²) < 4.78 is 33.7. The molecule has 0 bridgehead atoms. The Hall–Kier alpha value is -2.33. The molecule has 0 aromatic heterocycles. The molecule has 0 N–H and O–H groups in total. The second-order valence-corrected chi connectivity index (χ2v) is 9.42. The molecule has 0 spiro atoms. The molecule has 0 radical (unpaired) electrons. The van der Waals surface area contributed by atoms with Crippen molar-refractivity contribution in [3.63, 3.8) is 0 Å². The lowest BCUT2D eigenvalue weighted by Crippen LogP contribution is -2.57. The highest BCUT2D eigenvalue weighted by atomic mass is 32.2. The van der Waals surface area contributed by atoms with E-state index in [0.29, 0.717) is 26.2 Å². The van der Waals surface area contributed by atoms with Gasteiger partial charge in [-0.15, -0.1) is 0 Å². The standard InChI is InChI=1S/C19H27N3O6S/c1-27-16-5-3-15(4-6-16)20-7-9-21(10-8-20)18(23)13-22-11-12-29(25,26)14-17(22)19(24)28-2/h3-6,17H,7-14H2,1-2H3. The summed E-state index contributed by atoms with van der Waals surface area (Å²) in [5.41, 5.74) is 1.07. The summed E-state index contributed by atoms with van der Waals surface area (Å²) in [6.07, 6.45) is 0. The average molecular weight is 426 g/mol. The van der Waals surface area contributed by atoms with E-state index in [0.717, 1.165) is 11.4 Å². The first kappa shape index (κ1) is 21.4. The molecule has 2 fully saturated rings. The summed E-state index contributed by atoms with van der Waals surface area (Å²) in [6, 6.07) is 6.87. The van der Waals surface area contributed by atoms with Crippen LogP contribution in [0.3, 0.4) is 0 Å². The zero-order chi connectivity index (χ0) is 21.0. The molecule has 9 nitrogen and oxygen atoms in total. The van der Waals surface area contributed by atoms with Gasteiger partial charge in [-0.1, -0.05) is 0 Å². The normalized spacial score (nSPS) is 22.2. The van der Waals surface area contributed by atoms with Gasteiger partial charge in [0.1, 0.15) is 11.8 Å². The van der Waals surface area contributed by atoms with Gasteiger partial charge in [-0.05, 0) is 24.3 Å². The molecule has 3 rings (SSSR count). The molecule has 160 valence electrons. The topological polar surface area (TPSA) is 96.5 Å². The van der Waals surface area contributed by atoms with Gasteiger partial charge in [0.15, 0.2) is 9.84 Å². The Kier molecular flexibility index (Phi) is 6.63. The van der Waals surface area contributed by atoms with Crippen LogP contribution in [0.5, 0.6) is 5.75 Å². The molecule has 0 saturated carbocycles. The summed E-state index contributed by atoms with van der Waals surface area (Å²) in [4.78, 5) is 30.3. The number of amides is 1. The lowest BCUT2D eigenvalue weighted by Gasteiger charge is -2.38. The number of esters is 1. The Bertz CT molecular complexity index is 834. The fourth-order valence-corrected chi connectivity index (χ4v) is 5.17. The number of piperazine rings is 1. The molecule has 1 aromatic carbocycles. The Morgan fingerprint density at radius 3 is 2.28 bits per heavy atom. The fourth-order valence-electron chi connectivity index (χ4n) is 3.66. The van der Waals surface area contributed by atoms with Gasteiger partial charge in [-0.3, -0.25) is 14.5 Å². The summed E-state index contributed by atoms with van der Waals surface area (Å²) in [5.74, 6) is -0.290. The maximum Gasteiger partial charge on any atom is 0.324 e. The van der Waals surface area contributed by atoms with Crippen molar-refractivity contribution in [3.8, 4) is 5.75 Å². The van der Waals surface area contributed by atoms with E-state index in [4.69, 9.17) is 9.47 Å². The van der Waals surface area contributed by atoms with Crippen molar-refractivity contribution in [2.24, 2.45) is 0 Å². The number of methoxy groups -OCH3 is 2. The first-order valence-electron chi connectivity index (χ1n) is 9.52. The van der Waals surface area contributed by atoms with Gasteiger partial charge in [0.05, 0.1) is 32.3 Å². The van der Waals surface area contributed by atoms with Crippen LogP contribution in [0.1, 0.15) is 0 Å². The van der Waals surface area contributed by atoms with Crippen molar-refractivity contribution in [1.82, 2.24) is 9.80 Å². The van der Waals surface area contributed by atoms with E-state index in [1.165, 1.54) is 7.11 Å². The summed E-state index contributed by atoms with van der Waals surface area (Å²) in [5, 5.41) is 0. The van der Waals surface area contributed by atoms with Crippen LogP contribution in [-0.2, 0) is 24.2 Å². The van der Waals surface area contributed by atoms with Crippen molar-refractivity contribution in [3.05, 3.63) is 24.3 Å². The van der Waals surface area contributed by atoms with Crippen molar-refractivity contribution < 1.29 is 27.5 Å². The third kappa shape index (κ3) is 5.18.